The van der Waals surface area contributed by atoms with Gasteiger partial charge in [0, 0.05) is 21.8 Å². The monoisotopic (exact) mass is 430 g/mol. The van der Waals surface area contributed by atoms with E-state index in [1.54, 1.807) is 12.1 Å². The van der Waals surface area contributed by atoms with E-state index in [-0.39, 0.29) is 10.9 Å². The van der Waals surface area contributed by atoms with Gasteiger partial charge in [0.05, 0.1) is 0 Å². The van der Waals surface area contributed by atoms with E-state index < -0.39 is 15.6 Å². The molecule has 3 aromatic rings. The minimum atomic E-state index is -6.09. The topological polar surface area (TPSA) is 77.4 Å². The van der Waals surface area contributed by atoms with Gasteiger partial charge in [-0.1, -0.05) is 42.5 Å². The lowest BCUT2D eigenvalue weighted by Gasteiger charge is -2.08. The van der Waals surface area contributed by atoms with E-state index in [4.69, 9.17) is 13.0 Å². The number of fused-ring (bicyclic) bond motifs is 1. The lowest BCUT2D eigenvalue weighted by molar-refractivity contribution is -0.0517. The Morgan fingerprint density at radius 1 is 0.964 bits per heavy atom. The lowest BCUT2D eigenvalue weighted by atomic mass is 10.1. The number of aromatic hydroxyl groups is 1. The SMILES string of the molecule is C[S+](Cc1ccc(O)cc1)c1cccc2ccccc12.O=S(=O)([O-])C(F)(F)F. The molecule has 1 atom stereocenters. The van der Waals surface area contributed by atoms with Crippen LogP contribution < -0.4 is 0 Å². The highest BCUT2D eigenvalue weighted by Crippen LogP contribution is 2.26. The van der Waals surface area contributed by atoms with Crippen molar-refractivity contribution in [3.05, 3.63) is 72.3 Å². The average Bonchev–Trinajstić information content (AvgIpc) is 2.62. The Kier molecular flexibility index (Phi) is 6.97. The number of halogens is 3. The Hall–Kier alpha value is -2.23. The lowest BCUT2D eigenvalue weighted by Crippen LogP contribution is -2.21. The Morgan fingerprint density at radius 3 is 2.07 bits per heavy atom. The van der Waals surface area contributed by atoms with E-state index in [2.05, 4.69) is 48.7 Å². The first-order valence-electron chi connectivity index (χ1n) is 7.89. The van der Waals surface area contributed by atoms with Crippen LogP contribution in [0, 0.1) is 0 Å². The van der Waals surface area contributed by atoms with Crippen LogP contribution in [0.5, 0.6) is 5.75 Å². The second kappa shape index (κ2) is 8.85. The van der Waals surface area contributed by atoms with Gasteiger partial charge in [-0.25, -0.2) is 8.42 Å². The normalized spacial score (nSPS) is 12.9. The van der Waals surface area contributed by atoms with E-state index in [0.717, 1.165) is 5.75 Å². The average molecular weight is 430 g/mol. The van der Waals surface area contributed by atoms with Crippen molar-refractivity contribution in [3.63, 3.8) is 0 Å². The zero-order valence-electron chi connectivity index (χ0n) is 14.7. The fourth-order valence-corrected chi connectivity index (χ4v) is 4.14. The van der Waals surface area contributed by atoms with Crippen molar-refractivity contribution in [3.8, 4) is 5.75 Å². The quantitative estimate of drug-likeness (QED) is 0.380. The zero-order chi connectivity index (χ0) is 20.9. The van der Waals surface area contributed by atoms with Crippen molar-refractivity contribution < 1.29 is 31.2 Å². The minimum absolute atomic E-state index is 0.153. The molecule has 0 saturated heterocycles. The molecular formula is C19H17F3O4S2. The predicted molar refractivity (Wildman–Crippen MR) is 103 cm³/mol. The highest BCUT2D eigenvalue weighted by Gasteiger charge is 2.36. The Bertz CT molecular complexity index is 1030. The number of phenolic OH excluding ortho intramolecular Hbond substituents is 1. The number of hydrogen-bond donors (Lipinski definition) is 1. The molecule has 1 N–H and O–H groups in total. The van der Waals surface area contributed by atoms with Gasteiger partial charge in [-0.3, -0.25) is 0 Å². The molecule has 0 radical (unpaired) electrons. The van der Waals surface area contributed by atoms with E-state index in [1.807, 2.05) is 12.1 Å². The van der Waals surface area contributed by atoms with Crippen molar-refractivity contribution in [1.29, 1.82) is 0 Å². The Balaban J connectivity index is 0.000000300. The van der Waals surface area contributed by atoms with Crippen LogP contribution in [0.2, 0.25) is 0 Å². The molecule has 0 saturated carbocycles. The van der Waals surface area contributed by atoms with Gasteiger partial charge in [0.1, 0.15) is 17.8 Å². The zero-order valence-corrected chi connectivity index (χ0v) is 16.3. The first-order valence-corrected chi connectivity index (χ1v) is 11.1. The standard InChI is InChI=1S/C18H16OS.CHF3O3S/c1-20(13-14-9-11-16(19)12-10-14)18-8-4-6-15-5-2-3-7-17(15)18;2-1(3,4)8(5,6)7/h2-12H,13H2,1H3;(H,5,6,7). The molecule has 150 valence electrons. The largest absolute Gasteiger partial charge is 0.741 e. The molecule has 28 heavy (non-hydrogen) atoms. The van der Waals surface area contributed by atoms with Crippen LogP contribution in [-0.2, 0) is 26.8 Å². The van der Waals surface area contributed by atoms with Crippen molar-refractivity contribution in [2.45, 2.75) is 16.2 Å². The van der Waals surface area contributed by atoms with E-state index >= 15 is 0 Å². The van der Waals surface area contributed by atoms with Gasteiger partial charge in [-0.2, -0.15) is 13.2 Å². The van der Waals surface area contributed by atoms with Crippen molar-refractivity contribution in [1.82, 2.24) is 0 Å². The summed E-state index contributed by atoms with van der Waals surface area (Å²) in [5.74, 6) is 1.34. The molecule has 4 nitrogen and oxygen atoms in total. The van der Waals surface area contributed by atoms with Crippen LogP contribution in [-0.4, -0.2) is 29.8 Å². The highest BCUT2D eigenvalue weighted by molar-refractivity contribution is 7.95. The summed E-state index contributed by atoms with van der Waals surface area (Å²) in [4.78, 5) is 1.41. The third-order valence-electron chi connectivity index (χ3n) is 3.73. The summed E-state index contributed by atoms with van der Waals surface area (Å²) in [6.07, 6.45) is 2.29. The molecule has 1 unspecified atom stereocenters. The van der Waals surface area contributed by atoms with Crippen molar-refractivity contribution in [2.75, 3.05) is 6.26 Å². The minimum Gasteiger partial charge on any atom is -0.741 e. The molecule has 0 aromatic heterocycles. The summed E-state index contributed by atoms with van der Waals surface area (Å²) in [5, 5.41) is 12.0. The van der Waals surface area contributed by atoms with Gasteiger partial charge in [-0.15, -0.1) is 0 Å². The number of hydrogen-bond acceptors (Lipinski definition) is 4. The molecule has 0 fully saturated rings. The first kappa shape index (κ1) is 22.1. The molecule has 0 aliphatic carbocycles. The summed E-state index contributed by atoms with van der Waals surface area (Å²) in [7, 11) is -5.94. The van der Waals surface area contributed by atoms with Crippen LogP contribution >= 0.6 is 0 Å². The Morgan fingerprint density at radius 2 is 1.50 bits per heavy atom. The maximum atomic E-state index is 10.7. The molecule has 3 rings (SSSR count). The molecule has 3 aromatic carbocycles. The van der Waals surface area contributed by atoms with E-state index in [1.165, 1.54) is 21.2 Å². The maximum Gasteiger partial charge on any atom is 0.485 e. The summed E-state index contributed by atoms with van der Waals surface area (Å²) >= 11 is 0. The summed E-state index contributed by atoms with van der Waals surface area (Å²) in [6.45, 7) is 0. The maximum absolute atomic E-state index is 10.7. The fraction of sp³-hybridized carbons (Fsp3) is 0.158. The van der Waals surface area contributed by atoms with E-state index in [0.29, 0.717) is 5.75 Å². The molecule has 0 bridgehead atoms. The summed E-state index contributed by atoms with van der Waals surface area (Å²) < 4.78 is 58.9. The number of rotatable bonds is 3. The third kappa shape index (κ3) is 5.88. The van der Waals surface area contributed by atoms with Crippen LogP contribution in [0.25, 0.3) is 10.8 Å². The van der Waals surface area contributed by atoms with Gasteiger partial charge < -0.3 is 9.66 Å². The van der Waals surface area contributed by atoms with Gasteiger partial charge in [-0.05, 0) is 29.7 Å². The van der Waals surface area contributed by atoms with Crippen LogP contribution in [0.15, 0.2) is 71.6 Å². The Labute approximate surface area is 163 Å². The molecular weight excluding hydrogens is 413 g/mol. The second-order valence-electron chi connectivity index (χ2n) is 5.83. The van der Waals surface area contributed by atoms with Gasteiger partial charge in [0.2, 0.25) is 0 Å². The molecule has 0 aliphatic rings. The molecule has 0 spiro atoms. The second-order valence-corrected chi connectivity index (χ2v) is 9.20. The number of alkyl halides is 3. The number of benzene rings is 3. The molecule has 0 aliphatic heterocycles. The highest BCUT2D eigenvalue weighted by atomic mass is 32.2. The molecule has 9 heteroatoms. The van der Waals surface area contributed by atoms with Crippen LogP contribution in [0.1, 0.15) is 5.56 Å². The smallest absolute Gasteiger partial charge is 0.485 e. The van der Waals surface area contributed by atoms with Gasteiger partial charge in [0.15, 0.2) is 15.0 Å². The van der Waals surface area contributed by atoms with Crippen LogP contribution in [0.4, 0.5) is 13.2 Å². The summed E-state index contributed by atoms with van der Waals surface area (Å²) in [5.41, 5.74) is -4.38. The molecule has 0 amide bonds. The summed E-state index contributed by atoms with van der Waals surface area (Å²) in [6, 6.07) is 22.6. The van der Waals surface area contributed by atoms with Crippen molar-refractivity contribution in [2.24, 2.45) is 0 Å². The molecule has 0 heterocycles. The van der Waals surface area contributed by atoms with Crippen LogP contribution in [0.3, 0.4) is 0 Å². The number of phenols is 1. The van der Waals surface area contributed by atoms with Gasteiger partial charge >= 0.3 is 5.51 Å². The fourth-order valence-electron chi connectivity index (χ4n) is 2.42. The predicted octanol–water partition coefficient (Wildman–Crippen LogP) is 4.40. The van der Waals surface area contributed by atoms with Gasteiger partial charge in [0.25, 0.3) is 0 Å². The van der Waals surface area contributed by atoms with E-state index in [9.17, 15) is 18.3 Å². The first-order chi connectivity index (χ1) is 13.0. The third-order valence-corrected chi connectivity index (χ3v) is 6.17. The van der Waals surface area contributed by atoms with Crippen molar-refractivity contribution >= 4 is 31.8 Å².